The fourth-order valence-electron chi connectivity index (χ4n) is 1.94. The van der Waals surface area contributed by atoms with Crippen LogP contribution < -0.4 is 4.74 Å². The van der Waals surface area contributed by atoms with Gasteiger partial charge in [-0.15, -0.1) is 11.3 Å². The molecule has 0 aliphatic rings. The lowest BCUT2D eigenvalue weighted by Gasteiger charge is -2.06. The largest absolute Gasteiger partial charge is 0.496 e. The molecule has 0 bridgehead atoms. The van der Waals surface area contributed by atoms with Crippen molar-refractivity contribution >= 4 is 22.3 Å². The van der Waals surface area contributed by atoms with Gasteiger partial charge >= 0.3 is 5.97 Å². The van der Waals surface area contributed by atoms with Crippen LogP contribution in [0.4, 0.5) is 0 Å². The summed E-state index contributed by atoms with van der Waals surface area (Å²) in [5.41, 5.74) is 1.83. The first-order valence-corrected chi connectivity index (χ1v) is 6.42. The van der Waals surface area contributed by atoms with Crippen LogP contribution in [0.2, 0.25) is 0 Å². The molecule has 5 nitrogen and oxygen atoms in total. The fourth-order valence-corrected chi connectivity index (χ4v) is 2.81. The van der Waals surface area contributed by atoms with Crippen LogP contribution in [0.3, 0.4) is 0 Å². The molecule has 0 fully saturated rings. The van der Waals surface area contributed by atoms with Gasteiger partial charge in [0.25, 0.3) is 0 Å². The zero-order chi connectivity index (χ0) is 13.4. The predicted molar refractivity (Wildman–Crippen MR) is 72.0 cm³/mol. The molecule has 2 aromatic heterocycles. The Morgan fingerprint density at radius 1 is 1.42 bits per heavy atom. The van der Waals surface area contributed by atoms with E-state index in [1.807, 2.05) is 29.6 Å². The van der Waals surface area contributed by atoms with E-state index in [0.29, 0.717) is 4.96 Å². The second-order valence-corrected chi connectivity index (χ2v) is 4.74. The number of carboxylic acids is 1. The molecular weight excluding hydrogens is 264 g/mol. The van der Waals surface area contributed by atoms with E-state index in [-0.39, 0.29) is 5.69 Å². The van der Waals surface area contributed by atoms with E-state index in [1.54, 1.807) is 11.5 Å². The predicted octanol–water partition coefficient (Wildman–Crippen LogP) is 2.77. The number of thiazole rings is 1. The van der Waals surface area contributed by atoms with E-state index in [2.05, 4.69) is 4.98 Å². The molecule has 3 rings (SSSR count). The number of fused-ring (bicyclic) bond motifs is 1. The summed E-state index contributed by atoms with van der Waals surface area (Å²) in [6.07, 6.45) is 1.52. The number of benzene rings is 1. The van der Waals surface area contributed by atoms with Gasteiger partial charge in [0.05, 0.1) is 12.8 Å². The molecule has 96 valence electrons. The minimum Gasteiger partial charge on any atom is -0.496 e. The number of nitrogens with zero attached hydrogens (tertiary/aromatic N) is 2. The number of carbonyl (C=O) groups is 1. The topological polar surface area (TPSA) is 63.8 Å². The fraction of sp³-hybridized carbons (Fsp3) is 0.0769. The number of carboxylic acid groups (broad SMARTS) is 1. The van der Waals surface area contributed by atoms with Crippen molar-refractivity contribution in [2.24, 2.45) is 0 Å². The normalized spacial score (nSPS) is 10.8. The molecule has 0 unspecified atom stereocenters. The van der Waals surface area contributed by atoms with Gasteiger partial charge in [-0.25, -0.2) is 9.78 Å². The third-order valence-electron chi connectivity index (χ3n) is 2.81. The van der Waals surface area contributed by atoms with Gasteiger partial charge in [0.2, 0.25) is 0 Å². The molecule has 2 heterocycles. The van der Waals surface area contributed by atoms with Crippen LogP contribution in [-0.4, -0.2) is 27.6 Å². The maximum Gasteiger partial charge on any atom is 0.356 e. The quantitative estimate of drug-likeness (QED) is 0.797. The number of hydrogen-bond acceptors (Lipinski definition) is 4. The highest BCUT2D eigenvalue weighted by molar-refractivity contribution is 7.15. The van der Waals surface area contributed by atoms with Gasteiger partial charge in [-0.05, 0) is 12.1 Å². The van der Waals surface area contributed by atoms with Crippen molar-refractivity contribution in [3.8, 4) is 17.0 Å². The lowest BCUT2D eigenvalue weighted by Crippen LogP contribution is -1.95. The highest BCUT2D eigenvalue weighted by Gasteiger charge is 2.15. The first-order valence-electron chi connectivity index (χ1n) is 5.54. The van der Waals surface area contributed by atoms with Gasteiger partial charge < -0.3 is 9.84 Å². The number of rotatable bonds is 3. The lowest BCUT2D eigenvalue weighted by atomic mass is 10.1. The molecule has 0 aliphatic carbocycles. The van der Waals surface area contributed by atoms with Crippen LogP contribution in [0, 0.1) is 0 Å². The molecule has 3 aromatic rings. The van der Waals surface area contributed by atoms with Crippen molar-refractivity contribution in [3.63, 3.8) is 0 Å². The van der Waals surface area contributed by atoms with Crippen LogP contribution in [0.15, 0.2) is 35.8 Å². The second kappa shape index (κ2) is 4.40. The van der Waals surface area contributed by atoms with E-state index in [9.17, 15) is 4.79 Å². The first-order chi connectivity index (χ1) is 9.20. The van der Waals surface area contributed by atoms with Gasteiger partial charge in [-0.1, -0.05) is 12.1 Å². The molecule has 0 amide bonds. The molecule has 0 atom stereocenters. The third kappa shape index (κ3) is 1.86. The Morgan fingerprint density at radius 2 is 2.21 bits per heavy atom. The van der Waals surface area contributed by atoms with E-state index < -0.39 is 5.97 Å². The van der Waals surface area contributed by atoms with Crippen molar-refractivity contribution in [3.05, 3.63) is 41.5 Å². The second-order valence-electron chi connectivity index (χ2n) is 3.91. The smallest absolute Gasteiger partial charge is 0.356 e. The average Bonchev–Trinajstić information content (AvgIpc) is 2.98. The van der Waals surface area contributed by atoms with E-state index in [4.69, 9.17) is 9.84 Å². The van der Waals surface area contributed by atoms with Crippen molar-refractivity contribution in [2.75, 3.05) is 7.11 Å². The zero-order valence-corrected chi connectivity index (χ0v) is 10.8. The summed E-state index contributed by atoms with van der Waals surface area (Å²) in [5, 5.41) is 10.9. The average molecular weight is 274 g/mol. The van der Waals surface area contributed by atoms with Crippen molar-refractivity contribution < 1.29 is 14.6 Å². The Balaban J connectivity index is 2.22. The van der Waals surface area contributed by atoms with E-state index >= 15 is 0 Å². The number of imidazole rings is 1. The Morgan fingerprint density at radius 3 is 2.95 bits per heavy atom. The number of para-hydroxylation sites is 1. The minimum absolute atomic E-state index is 0.0444. The summed E-state index contributed by atoms with van der Waals surface area (Å²) in [4.78, 5) is 15.6. The van der Waals surface area contributed by atoms with Gasteiger partial charge in [0.15, 0.2) is 10.7 Å². The van der Waals surface area contributed by atoms with Crippen molar-refractivity contribution in [1.29, 1.82) is 0 Å². The van der Waals surface area contributed by atoms with Crippen LogP contribution in [0.1, 0.15) is 10.5 Å². The minimum atomic E-state index is -1.03. The molecule has 0 spiro atoms. The van der Waals surface area contributed by atoms with Gasteiger partial charge in [0.1, 0.15) is 5.75 Å². The number of hydrogen-bond donors (Lipinski definition) is 1. The van der Waals surface area contributed by atoms with Crippen LogP contribution in [-0.2, 0) is 0 Å². The van der Waals surface area contributed by atoms with Gasteiger partial charge in [-0.2, -0.15) is 0 Å². The molecule has 0 radical (unpaired) electrons. The highest BCUT2D eigenvalue weighted by Crippen LogP contribution is 2.32. The monoisotopic (exact) mass is 274 g/mol. The lowest BCUT2D eigenvalue weighted by molar-refractivity contribution is 0.0691. The zero-order valence-electron chi connectivity index (χ0n) is 10.0. The Bertz CT molecular complexity index is 760. The molecule has 0 aliphatic heterocycles. The maximum absolute atomic E-state index is 10.9. The van der Waals surface area contributed by atoms with Crippen molar-refractivity contribution in [2.45, 2.75) is 0 Å². The Kier molecular flexibility index (Phi) is 2.72. The molecule has 19 heavy (non-hydrogen) atoms. The summed E-state index contributed by atoms with van der Waals surface area (Å²) in [6, 6.07) is 7.60. The van der Waals surface area contributed by atoms with Crippen LogP contribution in [0.25, 0.3) is 16.2 Å². The van der Waals surface area contributed by atoms with Gasteiger partial charge in [-0.3, -0.25) is 4.40 Å². The first kappa shape index (κ1) is 11.7. The standard InChI is InChI=1S/C13H10N2O3S/c1-18-11-5-3-2-4-8(11)10-7-19-13-14-9(12(16)17)6-15(10)13/h2-7H,1H3,(H,16,17). The van der Waals surface area contributed by atoms with Crippen LogP contribution >= 0.6 is 11.3 Å². The maximum atomic E-state index is 10.9. The number of aromatic carboxylic acids is 1. The molecule has 1 N–H and O–H groups in total. The number of methoxy groups -OCH3 is 1. The Hall–Kier alpha value is -2.34. The van der Waals surface area contributed by atoms with Crippen molar-refractivity contribution in [1.82, 2.24) is 9.38 Å². The number of aromatic nitrogens is 2. The van der Waals surface area contributed by atoms with Gasteiger partial charge in [0, 0.05) is 17.1 Å². The molecule has 6 heteroatoms. The van der Waals surface area contributed by atoms with E-state index in [0.717, 1.165) is 17.0 Å². The third-order valence-corrected chi connectivity index (χ3v) is 3.65. The SMILES string of the molecule is COc1ccccc1-c1csc2nc(C(=O)O)cn12. The number of ether oxygens (including phenoxy) is 1. The summed E-state index contributed by atoms with van der Waals surface area (Å²) in [6.45, 7) is 0. The summed E-state index contributed by atoms with van der Waals surface area (Å²) in [7, 11) is 1.61. The molecule has 0 saturated carbocycles. The summed E-state index contributed by atoms with van der Waals surface area (Å²) in [5.74, 6) is -0.283. The van der Waals surface area contributed by atoms with Crippen LogP contribution in [0.5, 0.6) is 5.75 Å². The van der Waals surface area contributed by atoms with E-state index in [1.165, 1.54) is 17.5 Å². The molecular formula is C13H10N2O3S. The molecule has 0 saturated heterocycles. The summed E-state index contributed by atoms with van der Waals surface area (Å²) >= 11 is 1.40. The Labute approximate surface area is 112 Å². The molecule has 1 aromatic carbocycles. The highest BCUT2D eigenvalue weighted by atomic mass is 32.1. The summed E-state index contributed by atoms with van der Waals surface area (Å²) < 4.78 is 7.10.